The number of nitrogens with zero attached hydrogens (tertiary/aromatic N) is 3. The topological polar surface area (TPSA) is 56.0 Å². The van der Waals surface area contributed by atoms with Gasteiger partial charge in [0.1, 0.15) is 11.6 Å². The van der Waals surface area contributed by atoms with Crippen LogP contribution in [0.3, 0.4) is 0 Å². The highest BCUT2D eigenvalue weighted by molar-refractivity contribution is 14.0. The fraction of sp³-hybridized carbons (Fsp3) is 0.500. The molecule has 2 N–H and O–H groups in total. The van der Waals surface area contributed by atoms with E-state index in [-0.39, 0.29) is 41.9 Å². The number of aliphatic imine (C=N–C) groups is 1. The Morgan fingerprint density at radius 3 is 2.50 bits per heavy atom. The van der Waals surface area contributed by atoms with Crippen molar-refractivity contribution in [2.24, 2.45) is 4.99 Å². The SMILES string of the molecule is CN=C(NCC(c1cccc(F)c1)N(C)C)NCC(c1ccco1)N1CCCC1.I. The highest BCUT2D eigenvalue weighted by Crippen LogP contribution is 2.25. The average molecular weight is 529 g/mol. The molecule has 30 heavy (non-hydrogen) atoms. The molecule has 1 aliphatic heterocycles. The second kappa shape index (κ2) is 12.3. The van der Waals surface area contributed by atoms with Crippen molar-refractivity contribution in [1.82, 2.24) is 20.4 Å². The van der Waals surface area contributed by atoms with E-state index in [4.69, 9.17) is 4.42 Å². The minimum absolute atomic E-state index is 0. The molecule has 2 unspecified atom stereocenters. The quantitative estimate of drug-likeness (QED) is 0.311. The summed E-state index contributed by atoms with van der Waals surface area (Å²) >= 11 is 0. The Morgan fingerprint density at radius 2 is 1.90 bits per heavy atom. The van der Waals surface area contributed by atoms with Crippen molar-refractivity contribution >= 4 is 29.9 Å². The van der Waals surface area contributed by atoms with Crippen LogP contribution in [-0.4, -0.2) is 63.1 Å². The summed E-state index contributed by atoms with van der Waals surface area (Å²) in [5.74, 6) is 1.48. The standard InChI is InChI=1S/C22H32FN5O.HI/c1-24-22(25-15-19(27(2)3)17-8-6-9-18(23)14-17)26-16-20(21-10-7-13-29-21)28-11-4-5-12-28;/h6-10,13-14,19-20H,4-5,11-12,15-16H2,1-3H3,(H2,24,25,26);1H. The first-order valence-electron chi connectivity index (χ1n) is 10.2. The van der Waals surface area contributed by atoms with E-state index in [2.05, 4.69) is 25.4 Å². The molecule has 8 heteroatoms. The smallest absolute Gasteiger partial charge is 0.191 e. The van der Waals surface area contributed by atoms with E-state index < -0.39 is 0 Å². The van der Waals surface area contributed by atoms with Gasteiger partial charge in [0.25, 0.3) is 0 Å². The number of furan rings is 1. The van der Waals surface area contributed by atoms with E-state index in [1.165, 1.54) is 18.9 Å². The summed E-state index contributed by atoms with van der Waals surface area (Å²) in [4.78, 5) is 8.89. The molecule has 2 heterocycles. The summed E-state index contributed by atoms with van der Waals surface area (Å²) in [5, 5.41) is 6.82. The number of likely N-dealkylation sites (N-methyl/N-ethyl adjacent to an activating group) is 1. The van der Waals surface area contributed by atoms with Gasteiger partial charge in [0.2, 0.25) is 0 Å². The van der Waals surface area contributed by atoms with Crippen LogP contribution < -0.4 is 10.6 Å². The number of likely N-dealkylation sites (tertiary alicyclic amines) is 1. The third kappa shape index (κ3) is 6.68. The number of rotatable bonds is 8. The fourth-order valence-corrected chi connectivity index (χ4v) is 3.86. The highest BCUT2D eigenvalue weighted by Gasteiger charge is 2.25. The minimum atomic E-state index is -0.219. The zero-order valence-electron chi connectivity index (χ0n) is 18.0. The molecule has 1 aromatic heterocycles. The Morgan fingerprint density at radius 1 is 1.17 bits per heavy atom. The van der Waals surface area contributed by atoms with Gasteiger partial charge in [-0.05, 0) is 69.9 Å². The first-order valence-corrected chi connectivity index (χ1v) is 10.2. The van der Waals surface area contributed by atoms with Crippen molar-refractivity contribution in [3.8, 4) is 0 Å². The van der Waals surface area contributed by atoms with E-state index in [0.717, 1.165) is 30.4 Å². The summed E-state index contributed by atoms with van der Waals surface area (Å²) in [5.41, 5.74) is 0.934. The van der Waals surface area contributed by atoms with Crippen molar-refractivity contribution in [1.29, 1.82) is 0 Å². The molecule has 6 nitrogen and oxygen atoms in total. The molecule has 1 aliphatic rings. The number of hydrogen-bond donors (Lipinski definition) is 2. The predicted molar refractivity (Wildman–Crippen MR) is 130 cm³/mol. The Bertz CT molecular complexity index is 778. The van der Waals surface area contributed by atoms with Crippen molar-refractivity contribution in [3.63, 3.8) is 0 Å². The van der Waals surface area contributed by atoms with Crippen LogP contribution in [-0.2, 0) is 0 Å². The van der Waals surface area contributed by atoms with Crippen LogP contribution >= 0.6 is 24.0 Å². The monoisotopic (exact) mass is 529 g/mol. The van der Waals surface area contributed by atoms with Gasteiger partial charge in [-0.15, -0.1) is 24.0 Å². The first kappa shape index (κ1) is 24.6. The molecule has 166 valence electrons. The molecule has 2 aromatic rings. The van der Waals surface area contributed by atoms with Crippen molar-refractivity contribution in [2.45, 2.75) is 24.9 Å². The third-order valence-electron chi connectivity index (χ3n) is 5.46. The molecule has 0 spiro atoms. The molecule has 0 radical (unpaired) electrons. The normalized spacial score (nSPS) is 16.9. The van der Waals surface area contributed by atoms with Gasteiger partial charge < -0.3 is 20.0 Å². The molecule has 0 amide bonds. The fourth-order valence-electron chi connectivity index (χ4n) is 3.86. The second-order valence-corrected chi connectivity index (χ2v) is 7.64. The second-order valence-electron chi connectivity index (χ2n) is 7.64. The molecule has 3 rings (SSSR count). The summed E-state index contributed by atoms with van der Waals surface area (Å²) in [6, 6.07) is 10.9. The van der Waals surface area contributed by atoms with E-state index in [0.29, 0.717) is 13.1 Å². The van der Waals surface area contributed by atoms with Gasteiger partial charge in [-0.25, -0.2) is 4.39 Å². The first-order chi connectivity index (χ1) is 14.1. The Kier molecular flexibility index (Phi) is 10.1. The molecule has 1 fully saturated rings. The summed E-state index contributed by atoms with van der Waals surface area (Å²) in [6.45, 7) is 3.49. The summed E-state index contributed by atoms with van der Waals surface area (Å²) in [7, 11) is 5.75. The molecule has 1 aromatic carbocycles. The molecule has 2 atom stereocenters. The predicted octanol–water partition coefficient (Wildman–Crippen LogP) is 3.64. The molecular formula is C22H33FIN5O. The van der Waals surface area contributed by atoms with Crippen molar-refractivity contribution < 1.29 is 8.81 Å². The van der Waals surface area contributed by atoms with E-state index in [1.54, 1.807) is 25.4 Å². The average Bonchev–Trinajstić information content (AvgIpc) is 3.41. The van der Waals surface area contributed by atoms with Crippen LogP contribution in [0.4, 0.5) is 4.39 Å². The number of benzene rings is 1. The minimum Gasteiger partial charge on any atom is -0.468 e. The number of halogens is 2. The van der Waals surface area contributed by atoms with Crippen LogP contribution in [0, 0.1) is 5.82 Å². The lowest BCUT2D eigenvalue weighted by Crippen LogP contribution is -2.45. The zero-order chi connectivity index (χ0) is 20.6. The lowest BCUT2D eigenvalue weighted by molar-refractivity contribution is 0.215. The van der Waals surface area contributed by atoms with Crippen LogP contribution in [0.2, 0.25) is 0 Å². The summed E-state index contributed by atoms with van der Waals surface area (Å²) in [6.07, 6.45) is 4.18. The van der Waals surface area contributed by atoms with Gasteiger partial charge in [-0.2, -0.15) is 0 Å². The maximum Gasteiger partial charge on any atom is 0.191 e. The van der Waals surface area contributed by atoms with Crippen LogP contribution in [0.15, 0.2) is 52.1 Å². The van der Waals surface area contributed by atoms with Gasteiger partial charge in [0.15, 0.2) is 5.96 Å². The highest BCUT2D eigenvalue weighted by atomic mass is 127. The third-order valence-corrected chi connectivity index (χ3v) is 5.46. The Balaban J connectivity index is 0.00000320. The zero-order valence-corrected chi connectivity index (χ0v) is 20.3. The molecule has 0 aliphatic carbocycles. The summed E-state index contributed by atoms with van der Waals surface area (Å²) < 4.78 is 19.3. The van der Waals surface area contributed by atoms with Gasteiger partial charge in [-0.3, -0.25) is 9.89 Å². The van der Waals surface area contributed by atoms with E-state index >= 15 is 0 Å². The lowest BCUT2D eigenvalue weighted by Gasteiger charge is -2.28. The van der Waals surface area contributed by atoms with E-state index in [1.807, 2.05) is 32.3 Å². The van der Waals surface area contributed by atoms with Crippen LogP contribution in [0.25, 0.3) is 0 Å². The van der Waals surface area contributed by atoms with Crippen molar-refractivity contribution in [3.05, 3.63) is 59.8 Å². The maximum absolute atomic E-state index is 13.7. The van der Waals surface area contributed by atoms with E-state index in [9.17, 15) is 4.39 Å². The molecule has 0 bridgehead atoms. The van der Waals surface area contributed by atoms with Gasteiger partial charge in [0, 0.05) is 20.1 Å². The van der Waals surface area contributed by atoms with Crippen LogP contribution in [0.5, 0.6) is 0 Å². The molecule has 0 saturated carbocycles. The van der Waals surface area contributed by atoms with Crippen molar-refractivity contribution in [2.75, 3.05) is 47.3 Å². The van der Waals surface area contributed by atoms with Gasteiger partial charge in [0.05, 0.1) is 18.3 Å². The number of hydrogen-bond acceptors (Lipinski definition) is 4. The maximum atomic E-state index is 13.7. The molecule has 1 saturated heterocycles. The Labute approximate surface area is 195 Å². The Hall–Kier alpha value is -1.65. The number of nitrogens with one attached hydrogen (secondary N) is 2. The van der Waals surface area contributed by atoms with Gasteiger partial charge in [-0.1, -0.05) is 12.1 Å². The van der Waals surface area contributed by atoms with Gasteiger partial charge >= 0.3 is 0 Å². The molecular weight excluding hydrogens is 496 g/mol. The van der Waals surface area contributed by atoms with Crippen LogP contribution in [0.1, 0.15) is 36.2 Å². The largest absolute Gasteiger partial charge is 0.468 e. The lowest BCUT2D eigenvalue weighted by atomic mass is 10.1. The number of guanidine groups is 1.